The van der Waals surface area contributed by atoms with E-state index in [1.165, 1.54) is 24.1 Å². The summed E-state index contributed by atoms with van der Waals surface area (Å²) in [6.45, 7) is 12.8. The Kier molecular flexibility index (Phi) is 9.38. The van der Waals surface area contributed by atoms with Crippen molar-refractivity contribution in [1.82, 2.24) is 0 Å². The fraction of sp³-hybridized carbons (Fsp3) is 0.900. The molecular formula is C10H22ClNS. The van der Waals surface area contributed by atoms with Gasteiger partial charge in [-0.05, 0) is 33.1 Å². The number of hydrogen-bond acceptors (Lipinski definition) is 1. The van der Waals surface area contributed by atoms with Crippen molar-refractivity contribution >= 4 is 17.6 Å². The molecule has 1 unspecified atom stereocenters. The Morgan fingerprint density at radius 1 is 1.15 bits per heavy atom. The van der Waals surface area contributed by atoms with E-state index in [1.54, 1.807) is 0 Å². The first kappa shape index (κ1) is 15.8. The fourth-order valence-corrected chi connectivity index (χ4v) is 2.25. The molecule has 0 N–H and O–H groups in total. The van der Waals surface area contributed by atoms with E-state index in [9.17, 15) is 0 Å². The number of nitrogens with zero attached hydrogens (tertiary/aromatic N) is 1. The van der Waals surface area contributed by atoms with Crippen LogP contribution in [0.2, 0.25) is 0 Å². The number of thiocarbonyl (C=S) groups is 1. The average Bonchev–Trinajstić information content (AvgIpc) is 2.09. The molecule has 0 aromatic heterocycles. The molecule has 0 aliphatic carbocycles. The molecule has 0 aromatic rings. The third kappa shape index (κ3) is 3.92. The van der Waals surface area contributed by atoms with Gasteiger partial charge >= 0.3 is 0 Å². The van der Waals surface area contributed by atoms with Gasteiger partial charge in [-0.25, -0.2) is 0 Å². The molecule has 0 radical (unpaired) electrons. The van der Waals surface area contributed by atoms with Gasteiger partial charge in [-0.15, -0.1) is 0 Å². The van der Waals surface area contributed by atoms with Crippen molar-refractivity contribution in [1.29, 1.82) is 0 Å². The van der Waals surface area contributed by atoms with Crippen LogP contribution in [0.5, 0.6) is 0 Å². The highest BCUT2D eigenvalue weighted by Crippen LogP contribution is 2.14. The molecule has 3 heteroatoms. The highest BCUT2D eigenvalue weighted by molar-refractivity contribution is 7.78. The van der Waals surface area contributed by atoms with Crippen molar-refractivity contribution in [3.8, 4) is 0 Å². The molecule has 0 aromatic carbocycles. The Balaban J connectivity index is 0. The monoisotopic (exact) mass is 223 g/mol. The molecule has 0 aliphatic rings. The van der Waals surface area contributed by atoms with Gasteiger partial charge in [-0.3, -0.25) is 0 Å². The quantitative estimate of drug-likeness (QED) is 0.438. The second-order valence-corrected chi connectivity index (χ2v) is 3.75. The molecule has 13 heavy (non-hydrogen) atoms. The predicted octanol–water partition coefficient (Wildman–Crippen LogP) is -0.355. The highest BCUT2D eigenvalue weighted by atomic mass is 35.5. The van der Waals surface area contributed by atoms with Crippen LogP contribution in [0.3, 0.4) is 0 Å². The Morgan fingerprint density at radius 2 is 1.54 bits per heavy atom. The van der Waals surface area contributed by atoms with E-state index in [4.69, 9.17) is 12.2 Å². The first-order valence-electron chi connectivity index (χ1n) is 4.96. The van der Waals surface area contributed by atoms with Crippen LogP contribution >= 0.6 is 12.2 Å². The van der Waals surface area contributed by atoms with Crippen LogP contribution in [0.25, 0.3) is 0 Å². The van der Waals surface area contributed by atoms with Gasteiger partial charge in [0.15, 0.2) is 0 Å². The van der Waals surface area contributed by atoms with Gasteiger partial charge in [-0.1, -0.05) is 12.2 Å². The van der Waals surface area contributed by atoms with Gasteiger partial charge in [0.2, 0.25) is 0 Å². The second kappa shape index (κ2) is 7.72. The number of rotatable bonds is 6. The summed E-state index contributed by atoms with van der Waals surface area (Å²) in [6.07, 6.45) is 1.06. The van der Waals surface area contributed by atoms with Crippen molar-refractivity contribution in [2.24, 2.45) is 0 Å². The lowest BCUT2D eigenvalue weighted by Gasteiger charge is -2.41. The van der Waals surface area contributed by atoms with Crippen molar-refractivity contribution in [3.63, 3.8) is 0 Å². The van der Waals surface area contributed by atoms with E-state index in [0.717, 1.165) is 6.42 Å². The van der Waals surface area contributed by atoms with Gasteiger partial charge in [0, 0.05) is 6.42 Å². The van der Waals surface area contributed by atoms with Crippen molar-refractivity contribution in [2.75, 3.05) is 19.6 Å². The first-order chi connectivity index (χ1) is 5.66. The largest absolute Gasteiger partial charge is 1.00 e. The third-order valence-electron chi connectivity index (χ3n) is 3.26. The summed E-state index contributed by atoms with van der Waals surface area (Å²) in [7, 11) is 0. The molecule has 0 saturated carbocycles. The molecule has 0 saturated heterocycles. The predicted molar refractivity (Wildman–Crippen MR) is 59.6 cm³/mol. The third-order valence-corrected chi connectivity index (χ3v) is 3.45. The zero-order valence-corrected chi connectivity index (χ0v) is 10.8. The number of quaternary nitrogens is 1. The molecule has 0 amide bonds. The molecule has 1 atom stereocenters. The summed E-state index contributed by atoms with van der Waals surface area (Å²) in [6, 6.07) is 0.683. The van der Waals surface area contributed by atoms with E-state index in [-0.39, 0.29) is 12.4 Å². The second-order valence-electron chi connectivity index (χ2n) is 3.42. The van der Waals surface area contributed by atoms with Gasteiger partial charge < -0.3 is 16.9 Å². The van der Waals surface area contributed by atoms with E-state index >= 15 is 0 Å². The first-order valence-corrected chi connectivity index (χ1v) is 5.43. The molecule has 0 bridgehead atoms. The lowest BCUT2D eigenvalue weighted by molar-refractivity contribution is -0.944. The minimum absolute atomic E-state index is 0. The number of halogens is 1. The van der Waals surface area contributed by atoms with Crippen LogP contribution < -0.4 is 12.4 Å². The van der Waals surface area contributed by atoms with Crippen molar-refractivity contribution in [3.05, 3.63) is 0 Å². The zero-order chi connectivity index (χ0) is 9.61. The molecule has 1 nitrogen and oxygen atoms in total. The molecule has 0 fully saturated rings. The molecule has 80 valence electrons. The van der Waals surface area contributed by atoms with Crippen LogP contribution in [0.4, 0.5) is 0 Å². The fourth-order valence-electron chi connectivity index (χ4n) is 1.97. The van der Waals surface area contributed by atoms with Crippen molar-refractivity contribution in [2.45, 2.75) is 40.2 Å². The zero-order valence-electron chi connectivity index (χ0n) is 9.22. The van der Waals surface area contributed by atoms with E-state index in [2.05, 4.69) is 27.7 Å². The summed E-state index contributed by atoms with van der Waals surface area (Å²) in [5, 5.41) is 1.87. The normalized spacial score (nSPS) is 13.2. The van der Waals surface area contributed by atoms with Crippen LogP contribution in [-0.4, -0.2) is 35.5 Å². The minimum Gasteiger partial charge on any atom is -1.00 e. The maximum Gasteiger partial charge on any atom is 0.0904 e. The summed E-state index contributed by atoms with van der Waals surface area (Å²) in [5.41, 5.74) is 0. The Labute approximate surface area is 94.5 Å². The maximum atomic E-state index is 4.91. The van der Waals surface area contributed by atoms with Gasteiger partial charge in [0.05, 0.1) is 25.7 Å². The molecule has 0 aliphatic heterocycles. The lowest BCUT2D eigenvalue weighted by atomic mass is 10.1. The van der Waals surface area contributed by atoms with Gasteiger partial charge in [0.25, 0.3) is 0 Å². The Bertz CT molecular complexity index is 127. The van der Waals surface area contributed by atoms with Gasteiger partial charge in [0.1, 0.15) is 0 Å². The Morgan fingerprint density at radius 3 is 1.77 bits per heavy atom. The average molecular weight is 224 g/mol. The minimum atomic E-state index is 0. The standard InChI is InChI=1S/C10H22NS.ClH/c1-5-11(6-2,7-3)10(4)8-9-12;/h9-10H,5-8H2,1-4H3;1H/q+1;/p-1. The summed E-state index contributed by atoms with van der Waals surface area (Å²) < 4.78 is 1.20. The lowest BCUT2D eigenvalue weighted by Crippen LogP contribution is -3.00. The summed E-state index contributed by atoms with van der Waals surface area (Å²) in [4.78, 5) is 0. The smallest absolute Gasteiger partial charge is 0.0904 e. The van der Waals surface area contributed by atoms with Crippen LogP contribution in [0.15, 0.2) is 0 Å². The van der Waals surface area contributed by atoms with Crippen LogP contribution in [0, 0.1) is 0 Å². The topological polar surface area (TPSA) is 0 Å². The van der Waals surface area contributed by atoms with Crippen LogP contribution in [-0.2, 0) is 0 Å². The highest BCUT2D eigenvalue weighted by Gasteiger charge is 2.27. The SMILES string of the molecule is CC[N+](CC)(CC)C(C)CC=S.[Cl-]. The van der Waals surface area contributed by atoms with Crippen molar-refractivity contribution < 1.29 is 16.9 Å². The maximum absolute atomic E-state index is 4.91. The molecule has 0 spiro atoms. The molecular weight excluding hydrogens is 202 g/mol. The number of hydrogen-bond donors (Lipinski definition) is 0. The van der Waals surface area contributed by atoms with E-state index in [0.29, 0.717) is 6.04 Å². The summed E-state index contributed by atoms with van der Waals surface area (Å²) in [5.74, 6) is 0. The van der Waals surface area contributed by atoms with Gasteiger partial charge in [-0.2, -0.15) is 0 Å². The van der Waals surface area contributed by atoms with Crippen LogP contribution in [0.1, 0.15) is 34.1 Å². The van der Waals surface area contributed by atoms with E-state index in [1.807, 2.05) is 5.37 Å². The Hall–Kier alpha value is 0.340. The molecule has 0 rings (SSSR count). The molecule has 0 heterocycles. The van der Waals surface area contributed by atoms with E-state index < -0.39 is 0 Å². The summed E-state index contributed by atoms with van der Waals surface area (Å²) >= 11 is 4.91.